The summed E-state index contributed by atoms with van der Waals surface area (Å²) in [5, 5.41) is 18.1. The highest BCUT2D eigenvalue weighted by atomic mass is 19.1. The highest BCUT2D eigenvalue weighted by Gasteiger charge is 2.06. The summed E-state index contributed by atoms with van der Waals surface area (Å²) in [7, 11) is 0. The Balaban J connectivity index is 1.55. The summed E-state index contributed by atoms with van der Waals surface area (Å²) in [5.41, 5.74) is 1.31. The van der Waals surface area contributed by atoms with Crippen molar-refractivity contribution in [2.45, 2.75) is 13.2 Å². The second kappa shape index (κ2) is 7.49. The lowest BCUT2D eigenvalue weighted by Gasteiger charge is -2.09. The van der Waals surface area contributed by atoms with E-state index in [1.807, 2.05) is 0 Å². The predicted octanol–water partition coefficient (Wildman–Crippen LogP) is 1.62. The van der Waals surface area contributed by atoms with E-state index < -0.39 is 11.8 Å². The number of nitrogens with zero attached hydrogens (tertiary/aromatic N) is 4. The van der Waals surface area contributed by atoms with Gasteiger partial charge in [-0.05, 0) is 23.8 Å². The molecule has 2 heterocycles. The average Bonchev–Trinajstić information content (AvgIpc) is 3.15. The van der Waals surface area contributed by atoms with Crippen LogP contribution < -0.4 is 10.6 Å². The Bertz CT molecular complexity index is 852. The number of amides is 2. The van der Waals surface area contributed by atoms with Gasteiger partial charge in [0.1, 0.15) is 18.5 Å². The summed E-state index contributed by atoms with van der Waals surface area (Å²) in [6, 6.07) is 7.33. The molecule has 0 radical (unpaired) electrons. The molecular formula is C16H15FN6O2. The van der Waals surface area contributed by atoms with Crippen LogP contribution in [0.2, 0.25) is 0 Å². The number of anilines is 1. The molecule has 3 N–H and O–H groups in total. The van der Waals surface area contributed by atoms with Gasteiger partial charge in [-0.2, -0.15) is 5.10 Å². The number of hydrogen-bond donors (Lipinski definition) is 3. The largest absolute Gasteiger partial charge is 0.392 e. The van der Waals surface area contributed by atoms with E-state index >= 15 is 0 Å². The summed E-state index contributed by atoms with van der Waals surface area (Å²) >= 11 is 0. The Morgan fingerprint density at radius 3 is 2.80 bits per heavy atom. The molecule has 1 aromatic carbocycles. The molecule has 0 aliphatic rings. The molecule has 0 aliphatic heterocycles. The van der Waals surface area contributed by atoms with Crippen LogP contribution in [0.15, 0.2) is 49.2 Å². The van der Waals surface area contributed by atoms with Gasteiger partial charge >= 0.3 is 6.03 Å². The molecule has 0 bridgehead atoms. The van der Waals surface area contributed by atoms with Crippen molar-refractivity contribution in [1.29, 1.82) is 0 Å². The molecule has 0 fully saturated rings. The maximum absolute atomic E-state index is 13.6. The van der Waals surface area contributed by atoms with Crippen molar-refractivity contribution >= 4 is 11.7 Å². The minimum atomic E-state index is -0.505. The Morgan fingerprint density at radius 2 is 2.16 bits per heavy atom. The molecule has 0 saturated carbocycles. The van der Waals surface area contributed by atoms with Gasteiger partial charge in [-0.3, -0.25) is 0 Å². The van der Waals surface area contributed by atoms with Crippen molar-refractivity contribution in [3.8, 4) is 5.82 Å². The molecule has 8 nitrogen and oxygen atoms in total. The van der Waals surface area contributed by atoms with E-state index in [-0.39, 0.29) is 18.7 Å². The van der Waals surface area contributed by atoms with Crippen molar-refractivity contribution in [2.24, 2.45) is 0 Å². The van der Waals surface area contributed by atoms with E-state index in [9.17, 15) is 9.18 Å². The van der Waals surface area contributed by atoms with Crippen molar-refractivity contribution in [1.82, 2.24) is 25.1 Å². The van der Waals surface area contributed by atoms with Crippen LogP contribution in [0, 0.1) is 5.82 Å². The van der Waals surface area contributed by atoms with Crippen LogP contribution in [0.1, 0.15) is 11.1 Å². The maximum Gasteiger partial charge on any atom is 0.319 e. The average molecular weight is 342 g/mol. The van der Waals surface area contributed by atoms with Gasteiger partial charge in [0.25, 0.3) is 0 Å². The molecule has 128 valence electrons. The number of urea groups is 1. The first-order valence-electron chi connectivity index (χ1n) is 7.40. The van der Waals surface area contributed by atoms with Crippen molar-refractivity contribution in [2.75, 3.05) is 5.32 Å². The van der Waals surface area contributed by atoms with Gasteiger partial charge in [0.05, 0.1) is 18.5 Å². The van der Waals surface area contributed by atoms with Gasteiger partial charge < -0.3 is 15.7 Å². The van der Waals surface area contributed by atoms with Crippen LogP contribution in [0.5, 0.6) is 0 Å². The number of carbonyl (C=O) groups is 1. The third-order valence-corrected chi connectivity index (χ3v) is 3.40. The maximum atomic E-state index is 13.6. The first-order valence-corrected chi connectivity index (χ1v) is 7.40. The smallest absolute Gasteiger partial charge is 0.319 e. The fraction of sp³-hybridized carbons (Fsp3) is 0.125. The highest BCUT2D eigenvalue weighted by molar-refractivity contribution is 5.89. The summed E-state index contributed by atoms with van der Waals surface area (Å²) in [6.07, 6.45) is 4.41. The number of aliphatic hydroxyl groups excluding tert-OH is 1. The van der Waals surface area contributed by atoms with Crippen LogP contribution in [0.4, 0.5) is 14.9 Å². The number of rotatable bonds is 5. The van der Waals surface area contributed by atoms with E-state index in [0.29, 0.717) is 17.1 Å². The van der Waals surface area contributed by atoms with E-state index in [0.717, 1.165) is 0 Å². The number of hydrogen-bond acceptors (Lipinski definition) is 5. The minimum absolute atomic E-state index is 0.152. The van der Waals surface area contributed by atoms with Gasteiger partial charge in [0, 0.05) is 12.1 Å². The molecular weight excluding hydrogens is 327 g/mol. The quantitative estimate of drug-likeness (QED) is 0.653. The normalized spacial score (nSPS) is 10.5. The zero-order chi connectivity index (χ0) is 17.6. The molecule has 3 aromatic rings. The SMILES string of the molecule is O=C(NCc1ccc(CO)c(F)c1)Nc1ccc(-n2cncn2)nc1. The van der Waals surface area contributed by atoms with Gasteiger partial charge in [-0.1, -0.05) is 12.1 Å². The zero-order valence-corrected chi connectivity index (χ0v) is 13.1. The number of aromatic nitrogens is 4. The first kappa shape index (κ1) is 16.5. The second-order valence-electron chi connectivity index (χ2n) is 5.14. The van der Waals surface area contributed by atoms with Crippen LogP contribution >= 0.6 is 0 Å². The Morgan fingerprint density at radius 1 is 1.28 bits per heavy atom. The monoisotopic (exact) mass is 342 g/mol. The predicted molar refractivity (Wildman–Crippen MR) is 87.3 cm³/mol. The molecule has 0 spiro atoms. The number of pyridine rings is 1. The molecule has 2 aromatic heterocycles. The van der Waals surface area contributed by atoms with Crippen LogP contribution in [-0.2, 0) is 13.2 Å². The highest BCUT2D eigenvalue weighted by Crippen LogP contribution is 2.11. The fourth-order valence-corrected chi connectivity index (χ4v) is 2.11. The molecule has 0 aliphatic carbocycles. The van der Waals surface area contributed by atoms with E-state index in [4.69, 9.17) is 5.11 Å². The lowest BCUT2D eigenvalue weighted by Crippen LogP contribution is -2.28. The Hall–Kier alpha value is -3.33. The molecule has 0 saturated heterocycles. The summed E-state index contributed by atoms with van der Waals surface area (Å²) in [4.78, 5) is 19.9. The number of nitrogens with one attached hydrogen (secondary N) is 2. The summed E-state index contributed by atoms with van der Waals surface area (Å²) in [6.45, 7) is -0.212. The Kier molecular flexibility index (Phi) is 4.95. The number of halogens is 1. The number of aliphatic hydroxyl groups is 1. The third-order valence-electron chi connectivity index (χ3n) is 3.40. The van der Waals surface area contributed by atoms with Crippen molar-refractivity contribution < 1.29 is 14.3 Å². The standard InChI is InChI=1S/C16H15FN6O2/c17-14-5-11(1-2-12(14)8-24)6-20-16(25)22-13-3-4-15(19-7-13)23-10-18-9-21-23/h1-5,7,9-10,24H,6,8H2,(H2,20,22,25). The second-order valence-corrected chi connectivity index (χ2v) is 5.14. The fourth-order valence-electron chi connectivity index (χ4n) is 2.11. The van der Waals surface area contributed by atoms with Crippen LogP contribution in [0.3, 0.4) is 0 Å². The third kappa shape index (κ3) is 4.15. The lowest BCUT2D eigenvalue weighted by atomic mass is 10.1. The van der Waals surface area contributed by atoms with Gasteiger partial charge in [-0.15, -0.1) is 0 Å². The molecule has 0 atom stereocenters. The molecule has 0 unspecified atom stereocenters. The molecule has 2 amide bonds. The van der Waals surface area contributed by atoms with Crippen molar-refractivity contribution in [3.63, 3.8) is 0 Å². The molecule has 9 heteroatoms. The summed E-state index contributed by atoms with van der Waals surface area (Å²) in [5.74, 6) is 0.0676. The topological polar surface area (TPSA) is 105 Å². The van der Waals surface area contributed by atoms with Gasteiger partial charge in [0.15, 0.2) is 5.82 Å². The van der Waals surface area contributed by atoms with Gasteiger partial charge in [0.2, 0.25) is 0 Å². The molecule has 25 heavy (non-hydrogen) atoms. The van der Waals surface area contributed by atoms with E-state index in [1.54, 1.807) is 18.2 Å². The number of benzene rings is 1. The van der Waals surface area contributed by atoms with Gasteiger partial charge in [-0.25, -0.2) is 23.8 Å². The van der Waals surface area contributed by atoms with Crippen LogP contribution in [0.25, 0.3) is 5.82 Å². The van der Waals surface area contributed by atoms with E-state index in [2.05, 4.69) is 25.7 Å². The van der Waals surface area contributed by atoms with E-state index in [1.165, 1.54) is 35.7 Å². The Labute approximate surface area is 142 Å². The summed E-state index contributed by atoms with van der Waals surface area (Å²) < 4.78 is 15.1. The van der Waals surface area contributed by atoms with Crippen molar-refractivity contribution in [3.05, 3.63) is 66.1 Å². The number of carbonyl (C=O) groups excluding carboxylic acids is 1. The van der Waals surface area contributed by atoms with Crippen LogP contribution in [-0.4, -0.2) is 30.9 Å². The molecule has 3 rings (SSSR count). The zero-order valence-electron chi connectivity index (χ0n) is 13.1. The lowest BCUT2D eigenvalue weighted by molar-refractivity contribution is 0.251. The first-order chi connectivity index (χ1) is 12.2. The minimum Gasteiger partial charge on any atom is -0.392 e.